The number of hydrogen-bond donors (Lipinski definition) is 1. The van der Waals surface area contributed by atoms with Crippen molar-refractivity contribution < 1.29 is 9.13 Å². The monoisotopic (exact) mass is 287 g/mol. The Morgan fingerprint density at radius 2 is 1.71 bits per heavy atom. The van der Waals surface area contributed by atoms with Gasteiger partial charge >= 0.3 is 0 Å². The first-order valence-corrected chi connectivity index (χ1v) is 7.39. The van der Waals surface area contributed by atoms with E-state index in [1.807, 2.05) is 37.3 Å². The van der Waals surface area contributed by atoms with Crippen LogP contribution in [0.15, 0.2) is 48.5 Å². The van der Waals surface area contributed by atoms with Crippen LogP contribution < -0.4 is 10.5 Å². The molecule has 2 aromatic rings. The highest BCUT2D eigenvalue weighted by atomic mass is 19.1. The molecule has 1 unspecified atom stereocenters. The Morgan fingerprint density at radius 1 is 1.05 bits per heavy atom. The minimum absolute atomic E-state index is 0.270. The summed E-state index contributed by atoms with van der Waals surface area (Å²) in [5.74, 6) is 0.542. The van der Waals surface area contributed by atoms with E-state index in [2.05, 4.69) is 6.92 Å². The van der Waals surface area contributed by atoms with Crippen LogP contribution in [0.25, 0.3) is 0 Å². The fourth-order valence-electron chi connectivity index (χ4n) is 2.44. The molecule has 0 heterocycles. The van der Waals surface area contributed by atoms with Crippen LogP contribution >= 0.6 is 0 Å². The van der Waals surface area contributed by atoms with Gasteiger partial charge in [0.1, 0.15) is 11.6 Å². The van der Waals surface area contributed by atoms with Gasteiger partial charge in [0, 0.05) is 5.56 Å². The zero-order valence-corrected chi connectivity index (χ0v) is 12.6. The van der Waals surface area contributed by atoms with Crippen molar-refractivity contribution >= 4 is 0 Å². The summed E-state index contributed by atoms with van der Waals surface area (Å²) in [5, 5.41) is 0. The number of halogens is 1. The van der Waals surface area contributed by atoms with Crippen LogP contribution in [0.4, 0.5) is 4.39 Å². The molecular formula is C18H22FNO. The molecule has 0 fully saturated rings. The molecule has 2 aromatic carbocycles. The molecule has 2 N–H and O–H groups in total. The van der Waals surface area contributed by atoms with Gasteiger partial charge in [0.25, 0.3) is 0 Å². The van der Waals surface area contributed by atoms with Crippen molar-refractivity contribution in [3.05, 3.63) is 65.5 Å². The Bertz CT molecular complexity index is 582. The van der Waals surface area contributed by atoms with Crippen molar-refractivity contribution in [2.75, 3.05) is 6.61 Å². The van der Waals surface area contributed by atoms with Gasteiger partial charge in [-0.15, -0.1) is 0 Å². The van der Waals surface area contributed by atoms with Gasteiger partial charge in [-0.3, -0.25) is 0 Å². The first-order valence-electron chi connectivity index (χ1n) is 7.39. The van der Waals surface area contributed by atoms with Crippen LogP contribution in [0, 0.1) is 5.82 Å². The van der Waals surface area contributed by atoms with Crippen LogP contribution in [0.3, 0.4) is 0 Å². The van der Waals surface area contributed by atoms with E-state index >= 15 is 0 Å². The highest BCUT2D eigenvalue weighted by Crippen LogP contribution is 2.32. The fraction of sp³-hybridized carbons (Fsp3) is 0.333. The topological polar surface area (TPSA) is 35.2 Å². The third-order valence-corrected chi connectivity index (χ3v) is 3.75. The molecule has 0 amide bonds. The van der Waals surface area contributed by atoms with Gasteiger partial charge in [-0.2, -0.15) is 0 Å². The lowest BCUT2D eigenvalue weighted by atomic mass is 9.81. The molecule has 3 heteroatoms. The van der Waals surface area contributed by atoms with E-state index < -0.39 is 5.54 Å². The van der Waals surface area contributed by atoms with E-state index in [1.54, 1.807) is 12.1 Å². The van der Waals surface area contributed by atoms with Gasteiger partial charge in [-0.05, 0) is 36.6 Å². The summed E-state index contributed by atoms with van der Waals surface area (Å²) in [6.07, 6.45) is 1.58. The first kappa shape index (κ1) is 15.5. The van der Waals surface area contributed by atoms with Crippen LogP contribution in [0.1, 0.15) is 37.8 Å². The quantitative estimate of drug-likeness (QED) is 0.863. The maximum atomic E-state index is 14.1. The summed E-state index contributed by atoms with van der Waals surface area (Å²) >= 11 is 0. The summed E-state index contributed by atoms with van der Waals surface area (Å²) < 4.78 is 19.7. The summed E-state index contributed by atoms with van der Waals surface area (Å²) in [4.78, 5) is 0. The van der Waals surface area contributed by atoms with Crippen molar-refractivity contribution in [3.8, 4) is 5.75 Å². The molecule has 0 bridgehead atoms. The molecule has 21 heavy (non-hydrogen) atoms. The molecule has 0 aromatic heterocycles. The second-order valence-electron chi connectivity index (χ2n) is 5.18. The lowest BCUT2D eigenvalue weighted by Crippen LogP contribution is -2.38. The van der Waals surface area contributed by atoms with E-state index in [1.165, 1.54) is 6.07 Å². The number of ether oxygens (including phenoxy) is 1. The van der Waals surface area contributed by atoms with Crippen LogP contribution in [-0.2, 0) is 5.54 Å². The smallest absolute Gasteiger partial charge is 0.128 e. The third kappa shape index (κ3) is 3.24. The molecule has 2 nitrogen and oxygen atoms in total. The van der Waals surface area contributed by atoms with Gasteiger partial charge in [0.15, 0.2) is 0 Å². The first-order chi connectivity index (χ1) is 10.1. The zero-order valence-electron chi connectivity index (χ0n) is 12.6. The van der Waals surface area contributed by atoms with Crippen molar-refractivity contribution in [1.29, 1.82) is 0 Å². The summed E-state index contributed by atoms with van der Waals surface area (Å²) in [7, 11) is 0. The number of rotatable bonds is 6. The Hall–Kier alpha value is -1.87. The van der Waals surface area contributed by atoms with Gasteiger partial charge in [0.2, 0.25) is 0 Å². The number of hydrogen-bond acceptors (Lipinski definition) is 2. The standard InChI is InChI=1S/C18H22FNO/c1-3-13-21-15-11-9-14(10-12-15)18(20,4-2)16-7-5-6-8-17(16)19/h5-12H,3-4,13,20H2,1-2H3. The lowest BCUT2D eigenvalue weighted by Gasteiger charge is -2.30. The van der Waals surface area contributed by atoms with Crippen LogP contribution in [0.5, 0.6) is 5.75 Å². The van der Waals surface area contributed by atoms with Crippen LogP contribution in [-0.4, -0.2) is 6.61 Å². The molecule has 0 aliphatic carbocycles. The molecule has 0 saturated carbocycles. The zero-order chi connectivity index (χ0) is 15.3. The Balaban J connectivity index is 2.34. The van der Waals surface area contributed by atoms with E-state index in [9.17, 15) is 4.39 Å². The molecule has 1 atom stereocenters. The predicted octanol–water partition coefficient (Wildman–Crippen LogP) is 4.23. The maximum Gasteiger partial charge on any atom is 0.128 e. The number of benzene rings is 2. The molecule has 0 aliphatic heterocycles. The normalized spacial score (nSPS) is 13.7. The Labute approximate surface area is 125 Å². The average molecular weight is 287 g/mol. The molecule has 0 spiro atoms. The van der Waals surface area contributed by atoms with E-state index in [0.29, 0.717) is 18.6 Å². The van der Waals surface area contributed by atoms with Crippen molar-refractivity contribution in [2.24, 2.45) is 5.73 Å². The SMILES string of the molecule is CCCOc1ccc(C(N)(CC)c2ccccc2F)cc1. The molecule has 0 saturated heterocycles. The highest BCUT2D eigenvalue weighted by molar-refractivity contribution is 5.40. The van der Waals surface area contributed by atoms with Crippen molar-refractivity contribution in [3.63, 3.8) is 0 Å². The summed E-state index contributed by atoms with van der Waals surface area (Å²) in [6.45, 7) is 4.72. The van der Waals surface area contributed by atoms with Crippen molar-refractivity contribution in [2.45, 2.75) is 32.2 Å². The molecule has 112 valence electrons. The second-order valence-corrected chi connectivity index (χ2v) is 5.18. The van der Waals surface area contributed by atoms with Gasteiger partial charge in [-0.25, -0.2) is 4.39 Å². The molecule has 0 aliphatic rings. The lowest BCUT2D eigenvalue weighted by molar-refractivity contribution is 0.317. The van der Waals surface area contributed by atoms with E-state index in [-0.39, 0.29) is 5.82 Å². The third-order valence-electron chi connectivity index (χ3n) is 3.75. The Morgan fingerprint density at radius 3 is 2.29 bits per heavy atom. The molecule has 2 rings (SSSR count). The summed E-state index contributed by atoms with van der Waals surface area (Å²) in [6, 6.07) is 14.3. The fourth-order valence-corrected chi connectivity index (χ4v) is 2.44. The van der Waals surface area contributed by atoms with E-state index in [4.69, 9.17) is 10.5 Å². The number of nitrogens with two attached hydrogens (primary N) is 1. The largest absolute Gasteiger partial charge is 0.494 e. The second kappa shape index (κ2) is 6.72. The minimum Gasteiger partial charge on any atom is -0.494 e. The van der Waals surface area contributed by atoms with Crippen LogP contribution in [0.2, 0.25) is 0 Å². The predicted molar refractivity (Wildman–Crippen MR) is 83.9 cm³/mol. The van der Waals surface area contributed by atoms with Gasteiger partial charge in [-0.1, -0.05) is 44.2 Å². The van der Waals surface area contributed by atoms with Crippen molar-refractivity contribution in [1.82, 2.24) is 0 Å². The average Bonchev–Trinajstić information content (AvgIpc) is 2.53. The Kier molecular flexibility index (Phi) is 4.97. The van der Waals surface area contributed by atoms with Gasteiger partial charge < -0.3 is 10.5 Å². The summed E-state index contributed by atoms with van der Waals surface area (Å²) in [5.41, 5.74) is 7.10. The highest BCUT2D eigenvalue weighted by Gasteiger charge is 2.30. The molecular weight excluding hydrogens is 265 g/mol. The van der Waals surface area contributed by atoms with E-state index in [0.717, 1.165) is 17.7 Å². The molecule has 0 radical (unpaired) electrons. The maximum absolute atomic E-state index is 14.1. The minimum atomic E-state index is -0.825. The van der Waals surface area contributed by atoms with Gasteiger partial charge in [0.05, 0.1) is 12.1 Å².